The minimum atomic E-state index is -0.182. The van der Waals surface area contributed by atoms with Crippen molar-refractivity contribution in [2.45, 2.75) is 25.3 Å². The summed E-state index contributed by atoms with van der Waals surface area (Å²) in [5.41, 5.74) is 6.98. The molecule has 0 spiro atoms. The van der Waals surface area contributed by atoms with Gasteiger partial charge >= 0.3 is 12.0 Å². The lowest BCUT2D eigenvalue weighted by atomic mass is 10.0. The number of hydrogen-bond donors (Lipinski definition) is 2. The van der Waals surface area contributed by atoms with Crippen LogP contribution in [-0.2, 0) is 9.53 Å². The number of amides is 2. The standard InChI is InChI=1S/C19H27N5O3/c1-27-17(25)8-11-22-9-6-16(7-10-22)24-13-12-23(19(24)26)15-4-2-14(3-5-15)18(20)21/h2-5,16H,6-13H2,1H3,(H3,20,21). The molecule has 0 radical (unpaired) electrons. The van der Waals surface area contributed by atoms with Crippen molar-refractivity contribution in [2.75, 3.05) is 44.7 Å². The molecule has 2 aliphatic heterocycles. The summed E-state index contributed by atoms with van der Waals surface area (Å²) >= 11 is 0. The third kappa shape index (κ3) is 4.39. The highest BCUT2D eigenvalue weighted by molar-refractivity contribution is 5.97. The molecule has 27 heavy (non-hydrogen) atoms. The number of likely N-dealkylation sites (tertiary alicyclic amines) is 1. The summed E-state index contributed by atoms with van der Waals surface area (Å²) in [6, 6.07) is 7.51. The van der Waals surface area contributed by atoms with Crippen LogP contribution in [0.4, 0.5) is 10.5 Å². The van der Waals surface area contributed by atoms with Crippen molar-refractivity contribution in [1.29, 1.82) is 5.41 Å². The molecule has 2 saturated heterocycles. The van der Waals surface area contributed by atoms with Crippen LogP contribution in [0.2, 0.25) is 0 Å². The predicted molar refractivity (Wildman–Crippen MR) is 103 cm³/mol. The number of nitrogens with zero attached hydrogens (tertiary/aromatic N) is 3. The molecule has 0 aromatic heterocycles. The number of urea groups is 1. The molecule has 1 aromatic rings. The minimum Gasteiger partial charge on any atom is -0.469 e. The maximum absolute atomic E-state index is 12.9. The van der Waals surface area contributed by atoms with E-state index in [1.807, 2.05) is 17.0 Å². The van der Waals surface area contributed by atoms with Crippen molar-refractivity contribution < 1.29 is 14.3 Å². The molecule has 8 nitrogen and oxygen atoms in total. The number of nitrogens with two attached hydrogens (primary N) is 1. The first-order valence-electron chi connectivity index (χ1n) is 9.31. The van der Waals surface area contributed by atoms with Gasteiger partial charge in [0, 0.05) is 50.0 Å². The number of hydrogen-bond acceptors (Lipinski definition) is 5. The average Bonchev–Trinajstić information content (AvgIpc) is 3.08. The van der Waals surface area contributed by atoms with Crippen LogP contribution in [0.5, 0.6) is 0 Å². The van der Waals surface area contributed by atoms with Crippen LogP contribution in [0.25, 0.3) is 0 Å². The molecule has 0 unspecified atom stereocenters. The number of nitrogen functional groups attached to an aromatic ring is 1. The van der Waals surface area contributed by atoms with Gasteiger partial charge < -0.3 is 20.3 Å². The summed E-state index contributed by atoms with van der Waals surface area (Å²) in [6.07, 6.45) is 2.25. The summed E-state index contributed by atoms with van der Waals surface area (Å²) in [6.45, 7) is 3.88. The zero-order chi connectivity index (χ0) is 19.4. The van der Waals surface area contributed by atoms with Crippen LogP contribution in [0, 0.1) is 5.41 Å². The van der Waals surface area contributed by atoms with E-state index in [1.54, 1.807) is 17.0 Å². The van der Waals surface area contributed by atoms with E-state index in [0.717, 1.165) is 38.2 Å². The molecule has 2 heterocycles. The fourth-order valence-corrected chi connectivity index (χ4v) is 3.76. The molecular formula is C19H27N5O3. The Balaban J connectivity index is 1.53. The number of ether oxygens (including phenoxy) is 1. The number of carbonyl (C=O) groups is 2. The van der Waals surface area contributed by atoms with E-state index in [-0.39, 0.29) is 23.9 Å². The molecule has 0 bridgehead atoms. The maximum Gasteiger partial charge on any atom is 0.324 e. The smallest absolute Gasteiger partial charge is 0.324 e. The highest BCUT2D eigenvalue weighted by atomic mass is 16.5. The zero-order valence-corrected chi connectivity index (χ0v) is 15.7. The largest absolute Gasteiger partial charge is 0.469 e. The van der Waals surface area contributed by atoms with Gasteiger partial charge in [0.2, 0.25) is 0 Å². The lowest BCUT2D eigenvalue weighted by molar-refractivity contribution is -0.141. The fraction of sp³-hybridized carbons (Fsp3) is 0.526. The first kappa shape index (κ1) is 19.2. The first-order chi connectivity index (χ1) is 13.0. The molecule has 3 rings (SSSR count). The Bertz CT molecular complexity index is 698. The van der Waals surface area contributed by atoms with E-state index in [2.05, 4.69) is 9.64 Å². The number of rotatable bonds is 6. The molecule has 146 valence electrons. The van der Waals surface area contributed by atoms with E-state index in [9.17, 15) is 9.59 Å². The summed E-state index contributed by atoms with van der Waals surface area (Å²) in [5, 5.41) is 7.46. The van der Waals surface area contributed by atoms with E-state index in [1.165, 1.54) is 7.11 Å². The van der Waals surface area contributed by atoms with Crippen LogP contribution >= 0.6 is 0 Å². The fourth-order valence-electron chi connectivity index (χ4n) is 3.76. The molecule has 0 saturated carbocycles. The summed E-state index contributed by atoms with van der Waals surface area (Å²) in [4.78, 5) is 30.2. The van der Waals surface area contributed by atoms with Crippen molar-refractivity contribution in [1.82, 2.24) is 9.80 Å². The minimum absolute atomic E-state index is 0.0230. The van der Waals surface area contributed by atoms with Gasteiger partial charge in [-0.15, -0.1) is 0 Å². The lowest BCUT2D eigenvalue weighted by Crippen LogP contribution is -2.47. The second kappa shape index (κ2) is 8.39. The molecule has 2 aliphatic rings. The molecule has 3 N–H and O–H groups in total. The van der Waals surface area contributed by atoms with Gasteiger partial charge in [0.05, 0.1) is 13.5 Å². The van der Waals surface area contributed by atoms with Gasteiger partial charge in [-0.1, -0.05) is 0 Å². The number of nitrogens with one attached hydrogen (secondary N) is 1. The van der Waals surface area contributed by atoms with Gasteiger partial charge in [-0.25, -0.2) is 4.79 Å². The highest BCUT2D eigenvalue weighted by Gasteiger charge is 2.35. The monoisotopic (exact) mass is 373 g/mol. The van der Waals surface area contributed by atoms with Gasteiger partial charge in [-0.05, 0) is 37.1 Å². The highest BCUT2D eigenvalue weighted by Crippen LogP contribution is 2.26. The van der Waals surface area contributed by atoms with Gasteiger partial charge in [0.25, 0.3) is 0 Å². The number of carbonyl (C=O) groups excluding carboxylic acids is 2. The molecule has 2 fully saturated rings. The third-order valence-corrected chi connectivity index (χ3v) is 5.39. The van der Waals surface area contributed by atoms with E-state index in [0.29, 0.717) is 25.1 Å². The van der Waals surface area contributed by atoms with Gasteiger partial charge in [-0.3, -0.25) is 15.1 Å². The van der Waals surface area contributed by atoms with Crippen LogP contribution in [-0.4, -0.2) is 73.5 Å². The summed E-state index contributed by atoms with van der Waals surface area (Å²) in [5.74, 6) is -0.159. The molecule has 0 atom stereocenters. The number of methoxy groups -OCH3 is 1. The zero-order valence-electron chi connectivity index (χ0n) is 15.7. The van der Waals surface area contributed by atoms with Crippen molar-refractivity contribution in [2.24, 2.45) is 5.73 Å². The molecular weight excluding hydrogens is 346 g/mol. The Morgan fingerprint density at radius 3 is 2.44 bits per heavy atom. The lowest BCUT2D eigenvalue weighted by Gasteiger charge is -2.36. The third-order valence-electron chi connectivity index (χ3n) is 5.39. The van der Waals surface area contributed by atoms with E-state index in [4.69, 9.17) is 11.1 Å². The van der Waals surface area contributed by atoms with Crippen molar-refractivity contribution in [3.63, 3.8) is 0 Å². The van der Waals surface area contributed by atoms with Crippen molar-refractivity contribution >= 4 is 23.5 Å². The normalized spacial score (nSPS) is 18.8. The van der Waals surface area contributed by atoms with E-state index >= 15 is 0 Å². The van der Waals surface area contributed by atoms with E-state index < -0.39 is 0 Å². The van der Waals surface area contributed by atoms with Crippen LogP contribution < -0.4 is 10.6 Å². The van der Waals surface area contributed by atoms with Crippen molar-refractivity contribution in [3.8, 4) is 0 Å². The quantitative estimate of drug-likeness (QED) is 0.444. The number of benzene rings is 1. The number of piperidine rings is 1. The van der Waals surface area contributed by atoms with Gasteiger partial charge in [0.1, 0.15) is 5.84 Å². The molecule has 2 amide bonds. The predicted octanol–water partition coefficient (Wildman–Crippen LogP) is 1.24. The van der Waals surface area contributed by atoms with Crippen molar-refractivity contribution in [3.05, 3.63) is 29.8 Å². The topological polar surface area (TPSA) is 103 Å². The second-order valence-corrected chi connectivity index (χ2v) is 6.99. The maximum atomic E-state index is 12.9. The number of amidine groups is 1. The van der Waals surface area contributed by atoms with Gasteiger partial charge in [0.15, 0.2) is 0 Å². The van der Waals surface area contributed by atoms with Gasteiger partial charge in [-0.2, -0.15) is 0 Å². The second-order valence-electron chi connectivity index (χ2n) is 6.99. The van der Waals surface area contributed by atoms with Crippen LogP contribution in [0.3, 0.4) is 0 Å². The molecule has 1 aromatic carbocycles. The van der Waals surface area contributed by atoms with Crippen LogP contribution in [0.15, 0.2) is 24.3 Å². The molecule has 0 aliphatic carbocycles. The molecule has 8 heteroatoms. The average molecular weight is 373 g/mol. The Morgan fingerprint density at radius 2 is 1.85 bits per heavy atom. The summed E-state index contributed by atoms with van der Waals surface area (Å²) in [7, 11) is 1.41. The Hall–Kier alpha value is -2.61. The Morgan fingerprint density at radius 1 is 1.19 bits per heavy atom. The number of anilines is 1. The Labute approximate surface area is 159 Å². The summed E-state index contributed by atoms with van der Waals surface area (Å²) < 4.78 is 4.69. The SMILES string of the molecule is COC(=O)CCN1CCC(N2CCN(c3ccc(C(=N)N)cc3)C2=O)CC1. The number of esters is 1. The Kier molecular flexibility index (Phi) is 5.95. The first-order valence-corrected chi connectivity index (χ1v) is 9.31. The van der Waals surface area contributed by atoms with Crippen LogP contribution in [0.1, 0.15) is 24.8 Å².